The lowest BCUT2D eigenvalue weighted by Crippen LogP contribution is -2.32. The molecule has 0 rings (SSSR count). The number of aliphatic hydroxyl groups is 3. The van der Waals surface area contributed by atoms with Gasteiger partial charge in [0.15, 0.2) is 0 Å². The highest BCUT2D eigenvalue weighted by molar-refractivity contribution is 5.67. The van der Waals surface area contributed by atoms with Crippen molar-refractivity contribution in [2.24, 2.45) is 23.2 Å². The number of carboxylic acid groups (broad SMARTS) is 3. The lowest BCUT2D eigenvalue weighted by Gasteiger charge is -2.24. The minimum atomic E-state index is -0.713. The van der Waals surface area contributed by atoms with E-state index in [0.29, 0.717) is 6.42 Å². The lowest BCUT2D eigenvalue weighted by atomic mass is 9.88. The fraction of sp³-hybridized carbons (Fsp3) is 0.857. The fourth-order valence-corrected chi connectivity index (χ4v) is 1.53. The van der Waals surface area contributed by atoms with E-state index in [1.54, 1.807) is 0 Å². The Morgan fingerprint density at radius 1 is 0.600 bits per heavy atom. The Labute approximate surface area is 180 Å². The lowest BCUT2D eigenvalue weighted by molar-refractivity contribution is -0.138. The van der Waals surface area contributed by atoms with Gasteiger partial charge in [0.2, 0.25) is 0 Å². The Bertz CT molecular complexity index is 363. The quantitative estimate of drug-likeness (QED) is 0.298. The van der Waals surface area contributed by atoms with Crippen molar-refractivity contribution >= 4 is 17.9 Å². The van der Waals surface area contributed by atoms with E-state index in [1.165, 1.54) is 0 Å². The molecule has 0 saturated heterocycles. The van der Waals surface area contributed by atoms with Crippen LogP contribution in [0.25, 0.3) is 0 Å². The summed E-state index contributed by atoms with van der Waals surface area (Å²) in [7, 11) is 0. The molecule has 0 fully saturated rings. The monoisotopic (exact) mass is 440 g/mol. The van der Waals surface area contributed by atoms with Gasteiger partial charge in [-0.2, -0.15) is 0 Å². The SMILES string of the molecule is CC(C)CC(=O)O.CC(C)CC(=O)O.CC(C)CC(=O)O.CCC(CO)(CO)CO. The standard InChI is InChI=1S/C6H14O3.3C5H10O2/c1-2-6(3-7,4-8)5-9;3*1-4(2)3-5(6)7/h7-9H,2-5H2,1H3;3*4H,3H2,1-2H3,(H,6,7). The summed E-state index contributed by atoms with van der Waals surface area (Å²) in [6.07, 6.45) is 1.43. The third-order valence-electron chi connectivity index (χ3n) is 3.50. The first-order valence-corrected chi connectivity index (χ1v) is 10.1. The summed E-state index contributed by atoms with van der Waals surface area (Å²) in [5, 5.41) is 50.2. The van der Waals surface area contributed by atoms with Crippen molar-refractivity contribution in [2.45, 2.75) is 74.1 Å². The van der Waals surface area contributed by atoms with Crippen LogP contribution in [0.4, 0.5) is 0 Å². The van der Waals surface area contributed by atoms with Gasteiger partial charge in [0.05, 0.1) is 19.8 Å². The molecule has 6 N–H and O–H groups in total. The van der Waals surface area contributed by atoms with Gasteiger partial charge in [0.1, 0.15) is 0 Å². The van der Waals surface area contributed by atoms with Crippen LogP contribution in [-0.4, -0.2) is 68.4 Å². The topological polar surface area (TPSA) is 173 Å². The van der Waals surface area contributed by atoms with Crippen molar-refractivity contribution < 1.29 is 45.0 Å². The van der Waals surface area contributed by atoms with Gasteiger partial charge < -0.3 is 30.6 Å². The fourth-order valence-electron chi connectivity index (χ4n) is 1.53. The molecule has 0 bridgehead atoms. The summed E-state index contributed by atoms with van der Waals surface area (Å²) in [5.74, 6) is -1.31. The second-order valence-electron chi connectivity index (χ2n) is 8.30. The largest absolute Gasteiger partial charge is 0.481 e. The maximum absolute atomic E-state index is 9.81. The molecule has 9 heteroatoms. The summed E-state index contributed by atoms with van der Waals surface area (Å²) < 4.78 is 0. The maximum atomic E-state index is 9.81. The minimum absolute atomic E-state index is 0.156. The molecule has 0 spiro atoms. The Kier molecular flexibility index (Phi) is 26.2. The molecule has 30 heavy (non-hydrogen) atoms. The molecule has 0 aliphatic rings. The predicted molar refractivity (Wildman–Crippen MR) is 115 cm³/mol. The summed E-state index contributed by atoms with van der Waals surface area (Å²) >= 11 is 0. The summed E-state index contributed by atoms with van der Waals surface area (Å²) in [5.41, 5.74) is -0.667. The van der Waals surface area contributed by atoms with Crippen molar-refractivity contribution in [3.05, 3.63) is 0 Å². The molecule has 0 amide bonds. The van der Waals surface area contributed by atoms with E-state index in [2.05, 4.69) is 0 Å². The molecular formula is C21H44O9. The van der Waals surface area contributed by atoms with Gasteiger partial charge in [-0.3, -0.25) is 14.4 Å². The first-order valence-electron chi connectivity index (χ1n) is 10.1. The van der Waals surface area contributed by atoms with Crippen LogP contribution in [0, 0.1) is 23.2 Å². The molecule has 0 radical (unpaired) electrons. The number of rotatable bonds is 10. The summed E-state index contributed by atoms with van der Waals surface area (Å²) in [6, 6.07) is 0. The highest BCUT2D eigenvalue weighted by Gasteiger charge is 2.24. The first kappa shape index (κ1) is 35.7. The summed E-state index contributed by atoms with van der Waals surface area (Å²) in [4.78, 5) is 29.4. The molecular weight excluding hydrogens is 396 g/mol. The van der Waals surface area contributed by atoms with Gasteiger partial charge in [-0.15, -0.1) is 0 Å². The van der Waals surface area contributed by atoms with Crippen molar-refractivity contribution in [2.75, 3.05) is 19.8 Å². The van der Waals surface area contributed by atoms with Crippen molar-refractivity contribution in [3.8, 4) is 0 Å². The van der Waals surface area contributed by atoms with Crippen LogP contribution in [0.5, 0.6) is 0 Å². The normalized spacial score (nSPS) is 10.3. The minimum Gasteiger partial charge on any atom is -0.481 e. The summed E-state index contributed by atoms with van der Waals surface area (Å²) in [6.45, 7) is 12.7. The van der Waals surface area contributed by atoms with Crippen LogP contribution in [0.3, 0.4) is 0 Å². The molecule has 182 valence electrons. The second kappa shape index (κ2) is 22.0. The highest BCUT2D eigenvalue weighted by Crippen LogP contribution is 2.18. The van der Waals surface area contributed by atoms with Gasteiger partial charge in [0.25, 0.3) is 0 Å². The number of hydrogen-bond acceptors (Lipinski definition) is 6. The molecule has 0 saturated carbocycles. The predicted octanol–water partition coefficient (Wildman–Crippen LogP) is 2.71. The smallest absolute Gasteiger partial charge is 0.303 e. The molecule has 0 aliphatic heterocycles. The van der Waals surface area contributed by atoms with E-state index in [9.17, 15) is 14.4 Å². The van der Waals surface area contributed by atoms with Crippen LogP contribution in [0.2, 0.25) is 0 Å². The molecule has 0 aromatic heterocycles. The number of carbonyl (C=O) groups is 3. The molecule has 0 heterocycles. The van der Waals surface area contributed by atoms with Crippen LogP contribution in [-0.2, 0) is 14.4 Å². The van der Waals surface area contributed by atoms with Crippen LogP contribution < -0.4 is 0 Å². The zero-order valence-corrected chi connectivity index (χ0v) is 19.6. The third-order valence-corrected chi connectivity index (χ3v) is 3.50. The maximum Gasteiger partial charge on any atom is 0.303 e. The van der Waals surface area contributed by atoms with Gasteiger partial charge in [-0.25, -0.2) is 0 Å². The van der Waals surface area contributed by atoms with E-state index in [1.807, 2.05) is 48.5 Å². The molecule has 0 unspecified atom stereocenters. The van der Waals surface area contributed by atoms with Gasteiger partial charge in [-0.05, 0) is 24.2 Å². The average molecular weight is 441 g/mol. The Balaban J connectivity index is -0.000000151. The number of aliphatic carboxylic acids is 3. The van der Waals surface area contributed by atoms with E-state index in [0.717, 1.165) is 0 Å². The van der Waals surface area contributed by atoms with Crippen molar-refractivity contribution in [3.63, 3.8) is 0 Å². The van der Waals surface area contributed by atoms with Crippen LogP contribution >= 0.6 is 0 Å². The van der Waals surface area contributed by atoms with Gasteiger partial charge in [-0.1, -0.05) is 48.5 Å². The molecule has 9 nitrogen and oxygen atoms in total. The van der Waals surface area contributed by atoms with Crippen LogP contribution in [0.15, 0.2) is 0 Å². The Morgan fingerprint density at radius 2 is 0.800 bits per heavy atom. The first-order chi connectivity index (χ1) is 13.6. The number of aliphatic hydroxyl groups excluding tert-OH is 3. The van der Waals surface area contributed by atoms with Gasteiger partial charge in [0, 0.05) is 24.7 Å². The number of carboxylic acids is 3. The number of hydrogen-bond donors (Lipinski definition) is 6. The highest BCUT2D eigenvalue weighted by atomic mass is 16.4. The second-order valence-corrected chi connectivity index (χ2v) is 8.30. The zero-order valence-electron chi connectivity index (χ0n) is 19.6. The van der Waals surface area contributed by atoms with E-state index >= 15 is 0 Å². The van der Waals surface area contributed by atoms with E-state index in [-0.39, 0.29) is 56.8 Å². The average Bonchev–Trinajstić information content (AvgIpc) is 2.55. The van der Waals surface area contributed by atoms with Crippen molar-refractivity contribution in [1.29, 1.82) is 0 Å². The van der Waals surface area contributed by atoms with Crippen LogP contribution in [0.1, 0.15) is 74.1 Å². The Morgan fingerprint density at radius 3 is 0.800 bits per heavy atom. The third kappa shape index (κ3) is 33.8. The molecule has 0 aromatic carbocycles. The van der Waals surface area contributed by atoms with E-state index < -0.39 is 23.3 Å². The molecule has 0 aliphatic carbocycles. The Hall–Kier alpha value is -1.71. The molecule has 0 aromatic rings. The zero-order chi connectivity index (χ0) is 24.9. The van der Waals surface area contributed by atoms with Gasteiger partial charge >= 0.3 is 17.9 Å². The molecule has 0 atom stereocenters. The van der Waals surface area contributed by atoms with E-state index in [4.69, 9.17) is 30.6 Å². The van der Waals surface area contributed by atoms with Crippen molar-refractivity contribution in [1.82, 2.24) is 0 Å².